The maximum atomic E-state index is 3.68. The first-order chi connectivity index (χ1) is 3.93. The predicted molar refractivity (Wildman–Crippen MR) is 35.8 cm³/mol. The van der Waals surface area contributed by atoms with Gasteiger partial charge in [-0.15, -0.1) is 6.58 Å². The topological polar surface area (TPSA) is 12.0 Å². The van der Waals surface area contributed by atoms with Crippen molar-refractivity contribution in [3.05, 3.63) is 12.7 Å². The van der Waals surface area contributed by atoms with Crippen LogP contribution in [0.15, 0.2) is 12.7 Å². The van der Waals surface area contributed by atoms with E-state index >= 15 is 0 Å². The van der Waals surface area contributed by atoms with Crippen molar-refractivity contribution in [2.75, 3.05) is 6.54 Å². The van der Waals surface area contributed by atoms with Gasteiger partial charge in [0.2, 0.25) is 0 Å². The van der Waals surface area contributed by atoms with Crippen molar-refractivity contribution in [2.45, 2.75) is 25.3 Å². The monoisotopic (exact) mass is 112 g/mol. The normalized spacial score (nSPS) is 28.2. The summed E-state index contributed by atoms with van der Waals surface area (Å²) in [4.78, 5) is 0. The Morgan fingerprint density at radius 2 is 2.62 bits per heavy atom. The van der Waals surface area contributed by atoms with Gasteiger partial charge in [0.15, 0.2) is 0 Å². The lowest BCUT2D eigenvalue weighted by atomic mass is 10.4. The van der Waals surface area contributed by atoms with Crippen LogP contribution >= 0.6 is 0 Å². The van der Waals surface area contributed by atoms with Crippen LogP contribution in [0.1, 0.15) is 19.3 Å². The lowest BCUT2D eigenvalue weighted by molar-refractivity contribution is 0.615. The van der Waals surface area contributed by atoms with Crippen LogP contribution in [0.5, 0.6) is 0 Å². The van der Waals surface area contributed by atoms with Gasteiger partial charge in [-0.2, -0.15) is 0 Å². The van der Waals surface area contributed by atoms with Crippen molar-refractivity contribution in [1.82, 2.24) is 5.32 Å². The highest BCUT2D eigenvalue weighted by atomic mass is 15.1. The van der Waals surface area contributed by atoms with E-state index in [0.717, 1.165) is 12.5 Å². The van der Waals surface area contributed by atoms with Crippen LogP contribution in [-0.2, 0) is 0 Å². The molecule has 0 aromatic rings. The van der Waals surface area contributed by atoms with E-state index in [1.165, 1.54) is 19.4 Å². The number of rotatable bonds is 2. The van der Waals surface area contributed by atoms with Crippen LogP contribution in [0.2, 0.25) is 0 Å². The molecule has 1 rings (SSSR count). The first-order valence-electron chi connectivity index (χ1n) is 3.28. The summed E-state index contributed by atoms with van der Waals surface area (Å²) in [5, 5.41) is 3.39. The van der Waals surface area contributed by atoms with Gasteiger partial charge in [-0.05, 0) is 25.8 Å². The molecule has 0 radical (unpaired) electrons. The predicted octanol–water partition coefficient (Wildman–Crippen LogP) is 1.31. The molecule has 1 saturated heterocycles. The first kappa shape index (κ1) is 5.83. The van der Waals surface area contributed by atoms with Crippen molar-refractivity contribution >= 4 is 0 Å². The summed E-state index contributed by atoms with van der Waals surface area (Å²) in [5.74, 6) is 0. The van der Waals surface area contributed by atoms with Crippen molar-refractivity contribution in [3.63, 3.8) is 0 Å². The molecule has 1 heterocycles. The molecule has 1 aliphatic rings. The lowest BCUT2D eigenvalue weighted by Crippen LogP contribution is -2.19. The summed E-state index contributed by atoms with van der Waals surface area (Å²) in [7, 11) is 0. The van der Waals surface area contributed by atoms with Gasteiger partial charge in [-0.1, -0.05) is 6.08 Å². The molecule has 0 aliphatic carbocycles. The standard InChI is InChI=1S/C7H13N/c1-2-4-7-5-3-6-8-7/h2,7-8H,1,3-6H2/i7+1. The fourth-order valence-electron chi connectivity index (χ4n) is 1.16. The van der Waals surface area contributed by atoms with Gasteiger partial charge in [0, 0.05) is 6.04 Å². The zero-order chi connectivity index (χ0) is 5.82. The quantitative estimate of drug-likeness (QED) is 0.419. The van der Waals surface area contributed by atoms with Crippen LogP contribution in [-0.4, -0.2) is 12.6 Å². The Morgan fingerprint density at radius 3 is 3.12 bits per heavy atom. The lowest BCUT2D eigenvalue weighted by Gasteiger charge is -2.03. The van der Waals surface area contributed by atoms with E-state index in [-0.39, 0.29) is 0 Å². The van der Waals surface area contributed by atoms with Crippen molar-refractivity contribution in [1.29, 1.82) is 0 Å². The Balaban J connectivity index is 2.14. The third-order valence-electron chi connectivity index (χ3n) is 1.61. The molecule has 1 aliphatic heterocycles. The zero-order valence-electron chi connectivity index (χ0n) is 5.19. The summed E-state index contributed by atoms with van der Waals surface area (Å²) in [6.07, 6.45) is 5.81. The minimum absolute atomic E-state index is 0.743. The van der Waals surface area contributed by atoms with Gasteiger partial charge in [0.05, 0.1) is 0 Å². The highest BCUT2D eigenvalue weighted by Gasteiger charge is 2.10. The SMILES string of the molecule is C=CC[13CH]1CCCN1. The van der Waals surface area contributed by atoms with E-state index in [9.17, 15) is 0 Å². The van der Waals surface area contributed by atoms with Crippen LogP contribution in [0.3, 0.4) is 0 Å². The van der Waals surface area contributed by atoms with Gasteiger partial charge < -0.3 is 5.32 Å². The first-order valence-corrected chi connectivity index (χ1v) is 3.28. The highest BCUT2D eigenvalue weighted by molar-refractivity contribution is 4.81. The summed E-state index contributed by atoms with van der Waals surface area (Å²) in [6.45, 7) is 4.89. The molecule has 1 heteroatoms. The molecule has 1 fully saturated rings. The largest absolute Gasteiger partial charge is 0.314 e. The summed E-state index contributed by atoms with van der Waals surface area (Å²) >= 11 is 0. The summed E-state index contributed by atoms with van der Waals surface area (Å²) < 4.78 is 0. The Bertz CT molecular complexity index is 72.5. The molecule has 0 spiro atoms. The molecule has 0 amide bonds. The second-order valence-electron chi connectivity index (χ2n) is 2.32. The molecule has 1 atom stereocenters. The molecule has 0 aromatic carbocycles. The molecular weight excluding hydrogens is 99.1 g/mol. The van der Waals surface area contributed by atoms with Gasteiger partial charge in [0.25, 0.3) is 0 Å². The van der Waals surface area contributed by atoms with E-state index in [4.69, 9.17) is 0 Å². The fraction of sp³-hybridized carbons (Fsp3) is 0.714. The minimum Gasteiger partial charge on any atom is -0.314 e. The Hall–Kier alpha value is -0.300. The van der Waals surface area contributed by atoms with E-state index in [0.29, 0.717) is 0 Å². The van der Waals surface area contributed by atoms with Gasteiger partial charge in [0.1, 0.15) is 0 Å². The van der Waals surface area contributed by atoms with Crippen LogP contribution in [0, 0.1) is 0 Å². The van der Waals surface area contributed by atoms with Gasteiger partial charge in [-0.3, -0.25) is 0 Å². The molecular formula is C7H13N. The number of hydrogen-bond acceptors (Lipinski definition) is 1. The second kappa shape index (κ2) is 2.88. The average molecular weight is 112 g/mol. The third kappa shape index (κ3) is 1.34. The fourth-order valence-corrected chi connectivity index (χ4v) is 1.16. The molecule has 0 aromatic heterocycles. The minimum atomic E-state index is 0.743. The van der Waals surface area contributed by atoms with Crippen LogP contribution in [0.25, 0.3) is 0 Å². The smallest absolute Gasteiger partial charge is 0.0102 e. The summed E-state index contributed by atoms with van der Waals surface area (Å²) in [5.41, 5.74) is 0. The molecule has 0 bridgehead atoms. The maximum Gasteiger partial charge on any atom is 0.0102 e. The molecule has 0 saturated carbocycles. The zero-order valence-corrected chi connectivity index (χ0v) is 5.19. The number of hydrogen-bond donors (Lipinski definition) is 1. The summed E-state index contributed by atoms with van der Waals surface area (Å²) in [6, 6.07) is 0.743. The van der Waals surface area contributed by atoms with E-state index < -0.39 is 0 Å². The van der Waals surface area contributed by atoms with Crippen molar-refractivity contribution in [3.8, 4) is 0 Å². The third-order valence-corrected chi connectivity index (χ3v) is 1.61. The van der Waals surface area contributed by atoms with Crippen LogP contribution < -0.4 is 5.32 Å². The molecule has 1 nitrogen and oxygen atoms in total. The Morgan fingerprint density at radius 1 is 1.75 bits per heavy atom. The van der Waals surface area contributed by atoms with Crippen LogP contribution in [0.4, 0.5) is 0 Å². The van der Waals surface area contributed by atoms with Gasteiger partial charge >= 0.3 is 0 Å². The molecule has 1 unspecified atom stereocenters. The molecule has 8 heavy (non-hydrogen) atoms. The highest BCUT2D eigenvalue weighted by Crippen LogP contribution is 2.07. The molecule has 1 N–H and O–H groups in total. The van der Waals surface area contributed by atoms with E-state index in [2.05, 4.69) is 11.9 Å². The average Bonchev–Trinajstić information content (AvgIpc) is 2.19. The Labute approximate surface area is 50.8 Å². The maximum absolute atomic E-state index is 3.68. The molecule has 46 valence electrons. The van der Waals surface area contributed by atoms with Crippen molar-refractivity contribution < 1.29 is 0 Å². The Kier molecular flexibility index (Phi) is 2.10. The van der Waals surface area contributed by atoms with E-state index in [1.54, 1.807) is 0 Å². The van der Waals surface area contributed by atoms with E-state index in [1.807, 2.05) is 6.08 Å². The van der Waals surface area contributed by atoms with Gasteiger partial charge in [-0.25, -0.2) is 0 Å². The number of nitrogens with one attached hydrogen (secondary N) is 1. The van der Waals surface area contributed by atoms with Crippen molar-refractivity contribution in [2.24, 2.45) is 0 Å². The second-order valence-corrected chi connectivity index (χ2v) is 2.32.